The van der Waals surface area contributed by atoms with Gasteiger partial charge in [-0.1, -0.05) is 6.92 Å². The normalized spacial score (nSPS) is 16.0. The van der Waals surface area contributed by atoms with Gasteiger partial charge in [0, 0.05) is 37.9 Å². The molecule has 2 aromatic heterocycles. The molecule has 0 amide bonds. The quantitative estimate of drug-likeness (QED) is 0.913. The molecule has 0 aliphatic carbocycles. The van der Waals surface area contributed by atoms with Crippen LogP contribution in [0, 0.1) is 6.92 Å². The van der Waals surface area contributed by atoms with E-state index < -0.39 is 0 Å². The predicted molar refractivity (Wildman–Crippen MR) is 87.1 cm³/mol. The molecule has 0 radical (unpaired) electrons. The molecule has 1 aliphatic rings. The SMILES string of the molecule is CCN1CCN(c2cc(C)nc(NCc3ccco3)n2)CC1. The van der Waals surface area contributed by atoms with Gasteiger partial charge in [0.15, 0.2) is 0 Å². The molecule has 0 atom stereocenters. The summed E-state index contributed by atoms with van der Waals surface area (Å²) in [5.74, 6) is 2.54. The van der Waals surface area contributed by atoms with Crippen LogP contribution in [0.15, 0.2) is 28.9 Å². The zero-order valence-electron chi connectivity index (χ0n) is 13.2. The highest BCUT2D eigenvalue weighted by atomic mass is 16.3. The van der Waals surface area contributed by atoms with E-state index in [4.69, 9.17) is 4.42 Å². The second-order valence-corrected chi connectivity index (χ2v) is 5.55. The van der Waals surface area contributed by atoms with Crippen molar-refractivity contribution < 1.29 is 4.42 Å². The van der Waals surface area contributed by atoms with Gasteiger partial charge < -0.3 is 19.5 Å². The summed E-state index contributed by atoms with van der Waals surface area (Å²) >= 11 is 0. The molecule has 6 nitrogen and oxygen atoms in total. The Labute approximate surface area is 131 Å². The Morgan fingerprint density at radius 1 is 1.23 bits per heavy atom. The fourth-order valence-corrected chi connectivity index (χ4v) is 2.67. The maximum absolute atomic E-state index is 5.32. The van der Waals surface area contributed by atoms with Crippen molar-refractivity contribution in [3.05, 3.63) is 35.9 Å². The van der Waals surface area contributed by atoms with Gasteiger partial charge in [-0.3, -0.25) is 0 Å². The molecule has 1 fully saturated rings. The van der Waals surface area contributed by atoms with E-state index in [1.807, 2.05) is 19.1 Å². The summed E-state index contributed by atoms with van der Waals surface area (Å²) in [4.78, 5) is 13.9. The molecule has 0 unspecified atom stereocenters. The highest BCUT2D eigenvalue weighted by Crippen LogP contribution is 2.17. The lowest BCUT2D eigenvalue weighted by Gasteiger charge is -2.34. The number of nitrogens with one attached hydrogen (secondary N) is 1. The first-order chi connectivity index (χ1) is 10.7. The average molecular weight is 301 g/mol. The van der Waals surface area contributed by atoms with Gasteiger partial charge in [-0.05, 0) is 25.6 Å². The van der Waals surface area contributed by atoms with Crippen LogP contribution in [0.3, 0.4) is 0 Å². The predicted octanol–water partition coefficient (Wildman–Crippen LogP) is 2.13. The maximum atomic E-state index is 5.32. The van der Waals surface area contributed by atoms with Crippen LogP contribution in [-0.2, 0) is 6.54 Å². The largest absolute Gasteiger partial charge is 0.467 e. The van der Waals surface area contributed by atoms with E-state index in [1.165, 1.54) is 0 Å². The molecule has 3 rings (SSSR count). The zero-order chi connectivity index (χ0) is 15.4. The van der Waals surface area contributed by atoms with Crippen molar-refractivity contribution in [2.45, 2.75) is 20.4 Å². The first-order valence-electron chi connectivity index (χ1n) is 7.84. The second-order valence-electron chi connectivity index (χ2n) is 5.55. The van der Waals surface area contributed by atoms with Gasteiger partial charge in [0.2, 0.25) is 5.95 Å². The van der Waals surface area contributed by atoms with Crippen LogP contribution < -0.4 is 10.2 Å². The van der Waals surface area contributed by atoms with Gasteiger partial charge >= 0.3 is 0 Å². The minimum absolute atomic E-state index is 0.597. The van der Waals surface area contributed by atoms with Gasteiger partial charge in [-0.25, -0.2) is 4.98 Å². The summed E-state index contributed by atoms with van der Waals surface area (Å²) in [7, 11) is 0. The van der Waals surface area contributed by atoms with Crippen molar-refractivity contribution in [1.82, 2.24) is 14.9 Å². The molecule has 2 aromatic rings. The molecule has 1 aliphatic heterocycles. The molecule has 22 heavy (non-hydrogen) atoms. The highest BCUT2D eigenvalue weighted by molar-refractivity contribution is 5.45. The number of aromatic nitrogens is 2. The van der Waals surface area contributed by atoms with Crippen LogP contribution >= 0.6 is 0 Å². The lowest BCUT2D eigenvalue weighted by atomic mass is 10.3. The van der Waals surface area contributed by atoms with Gasteiger partial charge in [0.1, 0.15) is 11.6 Å². The summed E-state index contributed by atoms with van der Waals surface area (Å²) in [5.41, 5.74) is 0.977. The smallest absolute Gasteiger partial charge is 0.225 e. The zero-order valence-corrected chi connectivity index (χ0v) is 13.2. The Morgan fingerprint density at radius 2 is 2.05 bits per heavy atom. The van der Waals surface area contributed by atoms with Gasteiger partial charge in [0.25, 0.3) is 0 Å². The third kappa shape index (κ3) is 3.57. The van der Waals surface area contributed by atoms with E-state index >= 15 is 0 Å². The molecular weight excluding hydrogens is 278 g/mol. The van der Waals surface area contributed by atoms with Crippen LogP contribution in [0.4, 0.5) is 11.8 Å². The van der Waals surface area contributed by atoms with Crippen LogP contribution in [0.25, 0.3) is 0 Å². The molecule has 3 heterocycles. The van der Waals surface area contributed by atoms with Crippen molar-refractivity contribution in [2.24, 2.45) is 0 Å². The number of rotatable bonds is 5. The average Bonchev–Trinajstić information content (AvgIpc) is 3.06. The number of nitrogens with zero attached hydrogens (tertiary/aromatic N) is 4. The van der Waals surface area contributed by atoms with E-state index in [9.17, 15) is 0 Å². The van der Waals surface area contributed by atoms with E-state index in [1.54, 1.807) is 6.26 Å². The van der Waals surface area contributed by atoms with Crippen LogP contribution in [-0.4, -0.2) is 47.6 Å². The van der Waals surface area contributed by atoms with Crippen molar-refractivity contribution in [2.75, 3.05) is 42.9 Å². The standard InChI is InChI=1S/C16H23N5O/c1-3-20-6-8-21(9-7-20)15-11-13(2)18-16(19-15)17-12-14-5-4-10-22-14/h4-5,10-11H,3,6-9,12H2,1-2H3,(H,17,18,19). The lowest BCUT2D eigenvalue weighted by molar-refractivity contribution is 0.270. The van der Waals surface area contributed by atoms with E-state index in [0.29, 0.717) is 12.5 Å². The van der Waals surface area contributed by atoms with Crippen molar-refractivity contribution in [3.8, 4) is 0 Å². The molecule has 1 N–H and O–H groups in total. The van der Waals surface area contributed by atoms with Crippen LogP contribution in [0.5, 0.6) is 0 Å². The van der Waals surface area contributed by atoms with Crippen molar-refractivity contribution in [1.29, 1.82) is 0 Å². The molecule has 118 valence electrons. The summed E-state index contributed by atoms with van der Waals surface area (Å²) in [6.45, 7) is 10.1. The summed E-state index contributed by atoms with van der Waals surface area (Å²) < 4.78 is 5.32. The van der Waals surface area contributed by atoms with Crippen LogP contribution in [0.1, 0.15) is 18.4 Å². The summed E-state index contributed by atoms with van der Waals surface area (Å²) in [5, 5.41) is 3.23. The van der Waals surface area contributed by atoms with E-state index in [0.717, 1.165) is 50.0 Å². The molecule has 6 heteroatoms. The Hall–Kier alpha value is -2.08. The summed E-state index contributed by atoms with van der Waals surface area (Å²) in [6, 6.07) is 5.88. The minimum atomic E-state index is 0.597. The topological polar surface area (TPSA) is 57.4 Å². The Morgan fingerprint density at radius 3 is 2.73 bits per heavy atom. The number of likely N-dealkylation sites (N-methyl/N-ethyl adjacent to an activating group) is 1. The van der Waals surface area contributed by atoms with E-state index in [-0.39, 0.29) is 0 Å². The monoisotopic (exact) mass is 301 g/mol. The molecule has 1 saturated heterocycles. The Kier molecular flexibility index (Phi) is 4.58. The van der Waals surface area contributed by atoms with Crippen LogP contribution in [0.2, 0.25) is 0 Å². The Balaban J connectivity index is 1.67. The summed E-state index contributed by atoms with van der Waals surface area (Å²) in [6.07, 6.45) is 1.67. The van der Waals surface area contributed by atoms with Gasteiger partial charge in [-0.2, -0.15) is 4.98 Å². The fraction of sp³-hybridized carbons (Fsp3) is 0.500. The maximum Gasteiger partial charge on any atom is 0.225 e. The Bertz CT molecular complexity index is 591. The third-order valence-corrected chi connectivity index (χ3v) is 3.99. The highest BCUT2D eigenvalue weighted by Gasteiger charge is 2.17. The first-order valence-corrected chi connectivity index (χ1v) is 7.84. The number of hydrogen-bond donors (Lipinski definition) is 1. The molecule has 0 bridgehead atoms. The number of furan rings is 1. The van der Waals surface area contributed by atoms with Gasteiger partial charge in [-0.15, -0.1) is 0 Å². The van der Waals surface area contributed by atoms with E-state index in [2.05, 4.69) is 38.1 Å². The molecule has 0 saturated carbocycles. The van der Waals surface area contributed by atoms with Gasteiger partial charge in [0.05, 0.1) is 12.8 Å². The first kappa shape index (κ1) is 14.8. The van der Waals surface area contributed by atoms with Crippen molar-refractivity contribution >= 4 is 11.8 Å². The molecule has 0 aromatic carbocycles. The third-order valence-electron chi connectivity index (χ3n) is 3.99. The number of aryl methyl sites for hydroxylation is 1. The number of piperazine rings is 1. The molecular formula is C16H23N5O. The lowest BCUT2D eigenvalue weighted by Crippen LogP contribution is -2.46. The van der Waals surface area contributed by atoms with Crippen molar-refractivity contribution in [3.63, 3.8) is 0 Å². The fourth-order valence-electron chi connectivity index (χ4n) is 2.67. The minimum Gasteiger partial charge on any atom is -0.467 e. The number of anilines is 2. The number of hydrogen-bond acceptors (Lipinski definition) is 6. The second kappa shape index (κ2) is 6.79. The molecule has 0 spiro atoms.